The van der Waals surface area contributed by atoms with Gasteiger partial charge >= 0.3 is 6.03 Å². The fraction of sp³-hybridized carbons (Fsp3) is 0.500. The minimum Gasteiger partial charge on any atom is -0.468 e. The maximum atomic E-state index is 12.2. The molecular weight excluding hydrogens is 228 g/mol. The first-order chi connectivity index (χ1) is 8.51. The molecule has 2 aliphatic rings. The number of hydrogen-bond donors (Lipinski definition) is 1. The lowest BCUT2D eigenvalue weighted by molar-refractivity contribution is -0.0963. The molecule has 2 heterocycles. The van der Waals surface area contributed by atoms with Gasteiger partial charge in [-0.2, -0.15) is 0 Å². The van der Waals surface area contributed by atoms with Gasteiger partial charge in [0.05, 0.1) is 6.04 Å². The molecule has 18 heavy (non-hydrogen) atoms. The summed E-state index contributed by atoms with van der Waals surface area (Å²) in [5.41, 5.74) is 0.530. The first kappa shape index (κ1) is 11.4. The summed E-state index contributed by atoms with van der Waals surface area (Å²) in [6, 6.07) is 8.05. The topological polar surface area (TPSA) is 41.6 Å². The molecule has 96 valence electrons. The third-order valence-electron chi connectivity index (χ3n) is 3.75. The molecule has 0 radical (unpaired) electrons. The second-order valence-electron chi connectivity index (χ2n) is 5.48. The predicted octanol–water partition coefficient (Wildman–Crippen LogP) is 2.66. The Morgan fingerprint density at radius 2 is 2.17 bits per heavy atom. The quantitative estimate of drug-likeness (QED) is 0.827. The van der Waals surface area contributed by atoms with Crippen molar-refractivity contribution in [3.63, 3.8) is 0 Å². The van der Waals surface area contributed by atoms with Crippen molar-refractivity contribution in [1.82, 2.24) is 10.2 Å². The molecule has 2 bridgehead atoms. The summed E-state index contributed by atoms with van der Waals surface area (Å²) in [7, 11) is 0. The van der Waals surface area contributed by atoms with E-state index < -0.39 is 5.72 Å². The number of amides is 2. The Hall–Kier alpha value is -1.71. The molecule has 2 unspecified atom stereocenters. The van der Waals surface area contributed by atoms with E-state index in [1.54, 1.807) is 4.90 Å². The number of rotatable bonds is 1. The van der Waals surface area contributed by atoms with Crippen LogP contribution in [0.2, 0.25) is 0 Å². The first-order valence-electron chi connectivity index (χ1n) is 6.39. The molecule has 0 aromatic heterocycles. The fourth-order valence-electron chi connectivity index (χ4n) is 3.12. The van der Waals surface area contributed by atoms with Gasteiger partial charge in [-0.3, -0.25) is 4.90 Å². The standard InChI is InChI=1S/C14H18N2O2/c1-9(2)16-13(17)15-11-8-14(16,3)18-12-7-5-4-6-10(11)12/h4-7,9,11H,8H2,1-3H3,(H,15,17). The van der Waals surface area contributed by atoms with Crippen molar-refractivity contribution < 1.29 is 9.53 Å². The normalized spacial score (nSPS) is 29.7. The highest BCUT2D eigenvalue weighted by atomic mass is 16.5. The molecule has 4 heteroatoms. The molecule has 1 fully saturated rings. The zero-order chi connectivity index (χ0) is 12.9. The van der Waals surface area contributed by atoms with E-state index in [-0.39, 0.29) is 18.1 Å². The molecule has 1 saturated heterocycles. The summed E-state index contributed by atoms with van der Waals surface area (Å²) in [5, 5.41) is 3.07. The van der Waals surface area contributed by atoms with E-state index in [4.69, 9.17) is 4.74 Å². The van der Waals surface area contributed by atoms with Crippen LogP contribution in [-0.4, -0.2) is 22.7 Å². The van der Waals surface area contributed by atoms with Crippen LogP contribution in [0.5, 0.6) is 5.75 Å². The van der Waals surface area contributed by atoms with Crippen LogP contribution in [0, 0.1) is 0 Å². The Kier molecular flexibility index (Phi) is 2.30. The van der Waals surface area contributed by atoms with Crippen molar-refractivity contribution in [2.45, 2.75) is 45.0 Å². The highest BCUT2D eigenvalue weighted by molar-refractivity contribution is 5.77. The number of carbonyl (C=O) groups is 1. The fourth-order valence-corrected chi connectivity index (χ4v) is 3.12. The van der Waals surface area contributed by atoms with Crippen LogP contribution in [-0.2, 0) is 0 Å². The molecule has 2 amide bonds. The van der Waals surface area contributed by atoms with E-state index in [0.717, 1.165) is 17.7 Å². The third kappa shape index (κ3) is 1.48. The van der Waals surface area contributed by atoms with Gasteiger partial charge in [0.15, 0.2) is 5.72 Å². The van der Waals surface area contributed by atoms with Crippen molar-refractivity contribution in [2.24, 2.45) is 0 Å². The zero-order valence-corrected chi connectivity index (χ0v) is 10.9. The maximum absolute atomic E-state index is 12.2. The monoisotopic (exact) mass is 246 g/mol. The molecule has 1 aromatic rings. The van der Waals surface area contributed by atoms with Crippen molar-refractivity contribution in [3.8, 4) is 5.75 Å². The van der Waals surface area contributed by atoms with Gasteiger partial charge < -0.3 is 10.1 Å². The van der Waals surface area contributed by atoms with Gasteiger partial charge in [-0.05, 0) is 26.8 Å². The minimum atomic E-state index is -0.546. The summed E-state index contributed by atoms with van der Waals surface area (Å²) in [4.78, 5) is 14.0. The Labute approximate surface area is 107 Å². The van der Waals surface area contributed by atoms with Gasteiger partial charge in [0.2, 0.25) is 0 Å². The number of nitrogens with zero attached hydrogens (tertiary/aromatic N) is 1. The summed E-state index contributed by atoms with van der Waals surface area (Å²) in [5.74, 6) is 0.877. The van der Waals surface area contributed by atoms with E-state index >= 15 is 0 Å². The molecule has 2 atom stereocenters. The van der Waals surface area contributed by atoms with Crippen LogP contribution in [0.3, 0.4) is 0 Å². The van der Waals surface area contributed by atoms with Crippen LogP contribution >= 0.6 is 0 Å². The second-order valence-corrected chi connectivity index (χ2v) is 5.48. The Morgan fingerprint density at radius 1 is 1.44 bits per heavy atom. The maximum Gasteiger partial charge on any atom is 0.321 e. The van der Waals surface area contributed by atoms with Gasteiger partial charge in [0.1, 0.15) is 5.75 Å². The molecule has 0 saturated carbocycles. The lowest BCUT2D eigenvalue weighted by Gasteiger charge is -2.52. The number of benzene rings is 1. The Morgan fingerprint density at radius 3 is 2.89 bits per heavy atom. The summed E-state index contributed by atoms with van der Waals surface area (Å²) in [6.07, 6.45) is 0.786. The third-order valence-corrected chi connectivity index (χ3v) is 3.75. The van der Waals surface area contributed by atoms with Crippen LogP contribution in [0.1, 0.15) is 38.8 Å². The number of carbonyl (C=O) groups excluding carboxylic acids is 1. The molecule has 4 nitrogen and oxygen atoms in total. The summed E-state index contributed by atoms with van der Waals surface area (Å²) >= 11 is 0. The van der Waals surface area contributed by atoms with E-state index in [0.29, 0.717) is 0 Å². The number of urea groups is 1. The van der Waals surface area contributed by atoms with Gasteiger partial charge in [0, 0.05) is 18.0 Å². The van der Waals surface area contributed by atoms with Crippen molar-refractivity contribution in [1.29, 1.82) is 0 Å². The number of fused-ring (bicyclic) bond motifs is 4. The first-order valence-corrected chi connectivity index (χ1v) is 6.39. The lowest BCUT2D eigenvalue weighted by Crippen LogP contribution is -2.66. The number of nitrogens with one attached hydrogen (secondary N) is 1. The zero-order valence-electron chi connectivity index (χ0n) is 10.9. The van der Waals surface area contributed by atoms with Crippen LogP contribution < -0.4 is 10.1 Å². The number of para-hydroxylation sites is 1. The summed E-state index contributed by atoms with van der Waals surface area (Å²) < 4.78 is 6.10. The van der Waals surface area contributed by atoms with Crippen molar-refractivity contribution >= 4 is 6.03 Å². The van der Waals surface area contributed by atoms with Crippen molar-refractivity contribution in [3.05, 3.63) is 29.8 Å². The molecular formula is C14H18N2O2. The SMILES string of the molecule is CC(C)N1C(=O)NC2CC1(C)Oc1ccccc12. The number of hydrogen-bond acceptors (Lipinski definition) is 2. The van der Waals surface area contributed by atoms with Gasteiger partial charge in [-0.15, -0.1) is 0 Å². The van der Waals surface area contributed by atoms with Crippen LogP contribution in [0.4, 0.5) is 4.79 Å². The van der Waals surface area contributed by atoms with E-state index in [1.807, 2.05) is 45.0 Å². The highest BCUT2D eigenvalue weighted by Crippen LogP contribution is 2.44. The van der Waals surface area contributed by atoms with Crippen LogP contribution in [0.15, 0.2) is 24.3 Å². The molecule has 1 N–H and O–H groups in total. The largest absolute Gasteiger partial charge is 0.468 e. The predicted molar refractivity (Wildman–Crippen MR) is 68.3 cm³/mol. The minimum absolute atomic E-state index is 0.0433. The molecule has 0 spiro atoms. The molecule has 0 aliphatic carbocycles. The Bertz CT molecular complexity index is 500. The van der Waals surface area contributed by atoms with Crippen LogP contribution in [0.25, 0.3) is 0 Å². The van der Waals surface area contributed by atoms with E-state index in [1.165, 1.54) is 0 Å². The van der Waals surface area contributed by atoms with Gasteiger partial charge in [0.25, 0.3) is 0 Å². The molecule has 2 aliphatic heterocycles. The average molecular weight is 246 g/mol. The molecule has 1 aromatic carbocycles. The smallest absolute Gasteiger partial charge is 0.321 e. The molecule has 3 rings (SSSR count). The second kappa shape index (κ2) is 3.64. The lowest BCUT2D eigenvalue weighted by atomic mass is 9.90. The van der Waals surface area contributed by atoms with Gasteiger partial charge in [-0.25, -0.2) is 4.79 Å². The summed E-state index contributed by atoms with van der Waals surface area (Å²) in [6.45, 7) is 6.01. The van der Waals surface area contributed by atoms with Crippen molar-refractivity contribution in [2.75, 3.05) is 0 Å². The Balaban J connectivity index is 2.07. The van der Waals surface area contributed by atoms with Gasteiger partial charge in [-0.1, -0.05) is 18.2 Å². The van der Waals surface area contributed by atoms with E-state index in [2.05, 4.69) is 5.32 Å². The highest BCUT2D eigenvalue weighted by Gasteiger charge is 2.49. The van der Waals surface area contributed by atoms with E-state index in [9.17, 15) is 4.79 Å². The average Bonchev–Trinajstić information content (AvgIpc) is 2.26. The number of ether oxygens (including phenoxy) is 1.